The normalized spacial score (nSPS) is 11.5. The summed E-state index contributed by atoms with van der Waals surface area (Å²) in [6.45, 7) is -1.35. The summed E-state index contributed by atoms with van der Waals surface area (Å²) in [6.07, 6.45) is -4.36. The second-order valence-corrected chi connectivity index (χ2v) is 3.72. The number of hydrogen-bond donors (Lipinski definition) is 0. The first-order valence-corrected chi connectivity index (χ1v) is 4.71. The van der Waals surface area contributed by atoms with E-state index in [1.54, 1.807) is 12.1 Å². The molecule has 0 unspecified atom stereocenters. The number of ether oxygens (including phenoxy) is 1. The third-order valence-corrected chi connectivity index (χ3v) is 2.22. The number of hydrogen-bond acceptors (Lipinski definition) is 1. The van der Waals surface area contributed by atoms with Gasteiger partial charge in [-0.2, -0.15) is 13.2 Å². The van der Waals surface area contributed by atoms with Gasteiger partial charge in [-0.25, -0.2) is 0 Å². The molecule has 0 aromatic heterocycles. The van der Waals surface area contributed by atoms with Crippen molar-refractivity contribution in [2.24, 2.45) is 0 Å². The van der Waals surface area contributed by atoms with Crippen LogP contribution in [0.4, 0.5) is 13.2 Å². The molecule has 6 heteroatoms. The number of benzene rings is 1. The van der Waals surface area contributed by atoms with E-state index in [0.29, 0.717) is 4.47 Å². The highest BCUT2D eigenvalue weighted by molar-refractivity contribution is 9.10. The van der Waals surface area contributed by atoms with Gasteiger partial charge in [0.2, 0.25) is 0 Å². The van der Waals surface area contributed by atoms with E-state index in [9.17, 15) is 13.2 Å². The minimum Gasteiger partial charge on any atom is -0.481 e. The minimum absolute atomic E-state index is 0.00601. The number of alkyl halides is 3. The fourth-order valence-corrected chi connectivity index (χ4v) is 1.60. The van der Waals surface area contributed by atoms with Gasteiger partial charge in [0, 0.05) is 0 Å². The predicted octanol–water partition coefficient (Wildman–Crippen LogP) is 4.04. The summed E-state index contributed by atoms with van der Waals surface area (Å²) in [5.41, 5.74) is 0. The zero-order valence-electron chi connectivity index (χ0n) is 6.74. The number of para-hydroxylation sites is 1. The van der Waals surface area contributed by atoms with Gasteiger partial charge in [-0.1, -0.05) is 17.7 Å². The molecule has 1 aromatic rings. The zero-order chi connectivity index (χ0) is 10.8. The van der Waals surface area contributed by atoms with Crippen molar-refractivity contribution in [3.05, 3.63) is 27.7 Å². The lowest BCUT2D eigenvalue weighted by atomic mass is 10.3. The van der Waals surface area contributed by atoms with Crippen LogP contribution in [0, 0.1) is 0 Å². The van der Waals surface area contributed by atoms with Crippen molar-refractivity contribution in [1.82, 2.24) is 0 Å². The van der Waals surface area contributed by atoms with Crippen LogP contribution in [0.5, 0.6) is 5.75 Å². The van der Waals surface area contributed by atoms with E-state index in [4.69, 9.17) is 11.6 Å². The van der Waals surface area contributed by atoms with E-state index in [2.05, 4.69) is 20.7 Å². The largest absolute Gasteiger partial charge is 0.481 e. The Labute approximate surface area is 91.9 Å². The second kappa shape index (κ2) is 4.40. The van der Waals surface area contributed by atoms with Gasteiger partial charge < -0.3 is 4.74 Å². The molecule has 0 saturated carbocycles. The molecule has 0 spiro atoms. The van der Waals surface area contributed by atoms with Gasteiger partial charge in [0.25, 0.3) is 0 Å². The number of rotatable bonds is 2. The van der Waals surface area contributed by atoms with Crippen molar-refractivity contribution >= 4 is 27.5 Å². The Bertz CT molecular complexity index is 307. The highest BCUT2D eigenvalue weighted by atomic mass is 79.9. The van der Waals surface area contributed by atoms with Crippen LogP contribution in [-0.4, -0.2) is 12.8 Å². The van der Waals surface area contributed by atoms with Gasteiger partial charge in [-0.15, -0.1) is 0 Å². The van der Waals surface area contributed by atoms with Crippen molar-refractivity contribution < 1.29 is 17.9 Å². The summed E-state index contributed by atoms with van der Waals surface area (Å²) >= 11 is 8.67. The molecule has 0 radical (unpaired) electrons. The topological polar surface area (TPSA) is 9.23 Å². The van der Waals surface area contributed by atoms with Crippen LogP contribution in [0.2, 0.25) is 5.02 Å². The molecule has 0 atom stereocenters. The van der Waals surface area contributed by atoms with Gasteiger partial charge in [0.05, 0.1) is 9.50 Å². The molecule has 0 N–H and O–H groups in total. The molecule has 0 aliphatic rings. The smallest absolute Gasteiger partial charge is 0.422 e. The molecule has 0 saturated heterocycles. The highest BCUT2D eigenvalue weighted by Crippen LogP contribution is 2.33. The predicted molar refractivity (Wildman–Crippen MR) is 50.7 cm³/mol. The first-order valence-electron chi connectivity index (χ1n) is 3.54. The first-order chi connectivity index (χ1) is 6.40. The fraction of sp³-hybridized carbons (Fsp3) is 0.250. The van der Waals surface area contributed by atoms with Crippen LogP contribution in [-0.2, 0) is 0 Å². The van der Waals surface area contributed by atoms with Crippen LogP contribution in [0.25, 0.3) is 0 Å². The third kappa shape index (κ3) is 3.38. The first kappa shape index (κ1) is 11.7. The third-order valence-electron chi connectivity index (χ3n) is 1.30. The maximum absolute atomic E-state index is 11.8. The SMILES string of the molecule is FC(F)(F)COc1c(Cl)cccc1Br. The molecule has 0 bridgehead atoms. The molecule has 1 aromatic carbocycles. The van der Waals surface area contributed by atoms with Crippen molar-refractivity contribution in [2.45, 2.75) is 6.18 Å². The second-order valence-electron chi connectivity index (χ2n) is 2.45. The maximum atomic E-state index is 11.8. The van der Waals surface area contributed by atoms with Crippen molar-refractivity contribution in [2.75, 3.05) is 6.61 Å². The average molecular weight is 289 g/mol. The van der Waals surface area contributed by atoms with Gasteiger partial charge in [-0.05, 0) is 28.1 Å². The lowest BCUT2D eigenvalue weighted by molar-refractivity contribution is -0.153. The molecule has 0 aliphatic carbocycles. The Morgan fingerprint density at radius 1 is 1.36 bits per heavy atom. The maximum Gasteiger partial charge on any atom is 0.422 e. The van der Waals surface area contributed by atoms with Gasteiger partial charge in [0.1, 0.15) is 0 Å². The number of halogens is 5. The summed E-state index contributed by atoms with van der Waals surface area (Å²) in [6, 6.07) is 4.61. The van der Waals surface area contributed by atoms with Crippen molar-refractivity contribution in [3.8, 4) is 5.75 Å². The van der Waals surface area contributed by atoms with Crippen LogP contribution in [0.3, 0.4) is 0 Å². The monoisotopic (exact) mass is 288 g/mol. The average Bonchev–Trinajstić information content (AvgIpc) is 2.01. The van der Waals surface area contributed by atoms with Crippen molar-refractivity contribution in [1.29, 1.82) is 0 Å². The molecule has 78 valence electrons. The molecule has 14 heavy (non-hydrogen) atoms. The van der Waals surface area contributed by atoms with Gasteiger partial charge in [-0.3, -0.25) is 0 Å². The van der Waals surface area contributed by atoms with E-state index >= 15 is 0 Å². The van der Waals surface area contributed by atoms with Crippen LogP contribution in [0.1, 0.15) is 0 Å². The van der Waals surface area contributed by atoms with Gasteiger partial charge in [0.15, 0.2) is 12.4 Å². The Morgan fingerprint density at radius 3 is 2.50 bits per heavy atom. The van der Waals surface area contributed by atoms with Crippen LogP contribution in [0.15, 0.2) is 22.7 Å². The molecule has 0 amide bonds. The minimum atomic E-state index is -4.36. The van der Waals surface area contributed by atoms with Crippen molar-refractivity contribution in [3.63, 3.8) is 0 Å². The molecule has 0 heterocycles. The summed E-state index contributed by atoms with van der Waals surface area (Å²) in [5.74, 6) is 0.00601. The molecular weight excluding hydrogens is 284 g/mol. The molecule has 0 fully saturated rings. The molecule has 0 aliphatic heterocycles. The van der Waals surface area contributed by atoms with Gasteiger partial charge >= 0.3 is 6.18 Å². The Balaban J connectivity index is 2.77. The molecular formula is C8H5BrClF3O. The Morgan fingerprint density at radius 2 is 2.00 bits per heavy atom. The molecule has 1 rings (SSSR count). The lowest BCUT2D eigenvalue weighted by Gasteiger charge is -2.11. The quantitative estimate of drug-likeness (QED) is 0.798. The fourth-order valence-electron chi connectivity index (χ4n) is 0.774. The van der Waals surface area contributed by atoms with E-state index in [1.165, 1.54) is 6.07 Å². The van der Waals surface area contributed by atoms with E-state index in [1.807, 2.05) is 0 Å². The molecule has 1 nitrogen and oxygen atoms in total. The highest BCUT2D eigenvalue weighted by Gasteiger charge is 2.29. The van der Waals surface area contributed by atoms with E-state index < -0.39 is 12.8 Å². The summed E-state index contributed by atoms with van der Waals surface area (Å²) in [5, 5.41) is 0.142. The van der Waals surface area contributed by atoms with Crippen LogP contribution < -0.4 is 4.74 Å². The Hall–Kier alpha value is -0.420. The summed E-state index contributed by atoms with van der Waals surface area (Å²) in [7, 11) is 0. The van der Waals surface area contributed by atoms with Crippen LogP contribution >= 0.6 is 27.5 Å². The summed E-state index contributed by atoms with van der Waals surface area (Å²) in [4.78, 5) is 0. The summed E-state index contributed by atoms with van der Waals surface area (Å²) < 4.78 is 40.4. The Kier molecular flexibility index (Phi) is 3.66. The standard InChI is InChI=1S/C8H5BrClF3O/c9-5-2-1-3-6(10)7(5)14-4-8(11,12)13/h1-3H,4H2. The lowest BCUT2D eigenvalue weighted by Crippen LogP contribution is -2.19. The van der Waals surface area contributed by atoms with E-state index in [0.717, 1.165) is 0 Å². The zero-order valence-corrected chi connectivity index (χ0v) is 9.08. The van der Waals surface area contributed by atoms with E-state index in [-0.39, 0.29) is 10.8 Å².